The van der Waals surface area contributed by atoms with Gasteiger partial charge in [0.1, 0.15) is 0 Å². The lowest BCUT2D eigenvalue weighted by atomic mass is 9.99. The highest BCUT2D eigenvalue weighted by atomic mass is 16.1. The van der Waals surface area contributed by atoms with Crippen LogP contribution < -0.4 is 10.6 Å². The molecule has 3 nitrogen and oxygen atoms in total. The number of para-hydroxylation sites is 1. The maximum absolute atomic E-state index is 11.1. The van der Waals surface area contributed by atoms with Gasteiger partial charge in [-0.2, -0.15) is 0 Å². The lowest BCUT2D eigenvalue weighted by Crippen LogP contribution is -2.30. The molecule has 3 heteroatoms. The van der Waals surface area contributed by atoms with Crippen molar-refractivity contribution in [1.82, 2.24) is 0 Å². The number of rotatable bonds is 4. The summed E-state index contributed by atoms with van der Waals surface area (Å²) in [6.45, 7) is 4.42. The average molecular weight is 268 g/mol. The molecule has 2 rings (SSSR count). The van der Waals surface area contributed by atoms with Gasteiger partial charge in [-0.3, -0.25) is 4.79 Å². The molecule has 0 atom stereocenters. The lowest BCUT2D eigenvalue weighted by molar-refractivity contribution is -0.116. The first-order valence-corrected chi connectivity index (χ1v) is 6.65. The molecule has 20 heavy (non-hydrogen) atoms. The zero-order chi connectivity index (χ0) is 14.7. The van der Waals surface area contributed by atoms with Gasteiger partial charge in [-0.05, 0) is 36.6 Å². The van der Waals surface area contributed by atoms with E-state index in [1.807, 2.05) is 30.1 Å². The van der Waals surface area contributed by atoms with Crippen LogP contribution in [0.1, 0.15) is 11.1 Å². The van der Waals surface area contributed by atoms with E-state index in [2.05, 4.69) is 38.1 Å². The topological polar surface area (TPSA) is 46.3 Å². The van der Waals surface area contributed by atoms with E-state index in [9.17, 15) is 4.79 Å². The van der Waals surface area contributed by atoms with Gasteiger partial charge in [-0.1, -0.05) is 36.4 Å². The number of amides is 1. The van der Waals surface area contributed by atoms with Crippen LogP contribution in [0.5, 0.6) is 0 Å². The predicted molar refractivity (Wildman–Crippen MR) is 83.8 cm³/mol. The van der Waals surface area contributed by atoms with Crippen LogP contribution in [0.15, 0.2) is 42.5 Å². The first-order valence-electron chi connectivity index (χ1n) is 6.65. The Balaban J connectivity index is 2.46. The van der Waals surface area contributed by atoms with E-state index in [0.717, 1.165) is 16.8 Å². The molecular weight excluding hydrogens is 248 g/mol. The van der Waals surface area contributed by atoms with E-state index < -0.39 is 0 Å². The van der Waals surface area contributed by atoms with E-state index >= 15 is 0 Å². The van der Waals surface area contributed by atoms with Crippen LogP contribution in [-0.2, 0) is 4.79 Å². The molecule has 2 aromatic carbocycles. The van der Waals surface area contributed by atoms with E-state index in [1.54, 1.807) is 0 Å². The van der Waals surface area contributed by atoms with Crippen LogP contribution >= 0.6 is 0 Å². The Morgan fingerprint density at radius 3 is 2.45 bits per heavy atom. The number of nitrogens with zero attached hydrogens (tertiary/aromatic N) is 1. The molecule has 2 aromatic rings. The zero-order valence-corrected chi connectivity index (χ0v) is 12.2. The maximum Gasteiger partial charge on any atom is 0.236 e. The summed E-state index contributed by atoms with van der Waals surface area (Å²) in [7, 11) is 1.88. The molecule has 0 bridgehead atoms. The Labute approximate surface area is 120 Å². The Bertz CT molecular complexity index is 635. The highest BCUT2D eigenvalue weighted by Crippen LogP contribution is 2.31. The summed E-state index contributed by atoms with van der Waals surface area (Å²) in [6, 6.07) is 14.5. The molecule has 0 aliphatic heterocycles. The van der Waals surface area contributed by atoms with Gasteiger partial charge in [0.05, 0.1) is 6.54 Å². The van der Waals surface area contributed by atoms with E-state index in [1.165, 1.54) is 11.1 Å². The number of aryl methyl sites for hydroxylation is 2. The maximum atomic E-state index is 11.1. The van der Waals surface area contributed by atoms with Crippen LogP contribution in [-0.4, -0.2) is 19.5 Å². The van der Waals surface area contributed by atoms with Crippen LogP contribution in [0.3, 0.4) is 0 Å². The minimum absolute atomic E-state index is 0.210. The Hall–Kier alpha value is -2.29. The number of primary amides is 1. The minimum atomic E-state index is -0.331. The van der Waals surface area contributed by atoms with E-state index in [4.69, 9.17) is 5.73 Å². The standard InChI is InChI=1S/C17H20N2O/c1-12-8-9-14(10-13(12)2)15-6-4-5-7-16(15)19(3)11-17(18)20/h4-10H,11H2,1-3H3,(H2,18,20). The number of benzene rings is 2. The summed E-state index contributed by atoms with van der Waals surface area (Å²) in [4.78, 5) is 13.0. The fourth-order valence-electron chi connectivity index (χ4n) is 2.28. The highest BCUT2D eigenvalue weighted by Gasteiger charge is 2.11. The monoisotopic (exact) mass is 268 g/mol. The Morgan fingerprint density at radius 1 is 1.10 bits per heavy atom. The molecule has 0 heterocycles. The van der Waals surface area contributed by atoms with Crippen molar-refractivity contribution in [3.05, 3.63) is 53.6 Å². The summed E-state index contributed by atoms with van der Waals surface area (Å²) >= 11 is 0. The molecule has 0 aromatic heterocycles. The zero-order valence-electron chi connectivity index (χ0n) is 12.2. The second kappa shape index (κ2) is 5.78. The quantitative estimate of drug-likeness (QED) is 0.926. The predicted octanol–water partition coefficient (Wildman–Crippen LogP) is 2.89. The molecule has 1 amide bonds. The highest BCUT2D eigenvalue weighted by molar-refractivity contribution is 5.84. The van der Waals surface area contributed by atoms with Crippen LogP contribution in [0, 0.1) is 13.8 Å². The largest absolute Gasteiger partial charge is 0.368 e. The molecule has 0 spiro atoms. The summed E-state index contributed by atoms with van der Waals surface area (Å²) in [5.74, 6) is -0.331. The molecule has 0 aliphatic carbocycles. The normalized spacial score (nSPS) is 10.3. The Kier molecular flexibility index (Phi) is 4.08. The summed E-state index contributed by atoms with van der Waals surface area (Å²) < 4.78 is 0. The molecule has 0 aliphatic rings. The van der Waals surface area contributed by atoms with Crippen molar-refractivity contribution in [2.45, 2.75) is 13.8 Å². The second-order valence-electron chi connectivity index (χ2n) is 5.14. The van der Waals surface area contributed by atoms with Gasteiger partial charge in [0.25, 0.3) is 0 Å². The first kappa shape index (κ1) is 14.1. The number of carbonyl (C=O) groups excluding carboxylic acids is 1. The molecule has 0 saturated heterocycles. The van der Waals surface area contributed by atoms with Gasteiger partial charge in [-0.25, -0.2) is 0 Å². The number of nitrogens with two attached hydrogens (primary N) is 1. The summed E-state index contributed by atoms with van der Waals surface area (Å²) in [5, 5.41) is 0. The van der Waals surface area contributed by atoms with Gasteiger partial charge >= 0.3 is 0 Å². The van der Waals surface area contributed by atoms with Gasteiger partial charge in [0.15, 0.2) is 0 Å². The fourth-order valence-corrected chi connectivity index (χ4v) is 2.28. The van der Waals surface area contributed by atoms with Crippen molar-refractivity contribution in [3.63, 3.8) is 0 Å². The number of hydrogen-bond donors (Lipinski definition) is 1. The third-order valence-corrected chi connectivity index (χ3v) is 3.53. The van der Waals surface area contributed by atoms with Gasteiger partial charge < -0.3 is 10.6 Å². The molecule has 0 fully saturated rings. The number of likely N-dealkylation sites (N-methyl/N-ethyl adjacent to an activating group) is 1. The minimum Gasteiger partial charge on any atom is -0.368 e. The van der Waals surface area contributed by atoms with Crippen molar-refractivity contribution in [1.29, 1.82) is 0 Å². The van der Waals surface area contributed by atoms with Gasteiger partial charge in [0, 0.05) is 18.3 Å². The van der Waals surface area contributed by atoms with E-state index in [-0.39, 0.29) is 12.5 Å². The van der Waals surface area contributed by atoms with Crippen LogP contribution in [0.25, 0.3) is 11.1 Å². The molecule has 2 N–H and O–H groups in total. The Morgan fingerprint density at radius 2 is 1.80 bits per heavy atom. The van der Waals surface area contributed by atoms with Crippen LogP contribution in [0.4, 0.5) is 5.69 Å². The van der Waals surface area contributed by atoms with Crippen molar-refractivity contribution in [3.8, 4) is 11.1 Å². The summed E-state index contributed by atoms with van der Waals surface area (Å²) in [5.41, 5.74) is 11.1. The lowest BCUT2D eigenvalue weighted by Gasteiger charge is -2.21. The molecule has 0 radical (unpaired) electrons. The van der Waals surface area contributed by atoms with Crippen molar-refractivity contribution in [2.24, 2.45) is 5.73 Å². The molecule has 104 valence electrons. The average Bonchev–Trinajstić information content (AvgIpc) is 2.41. The third-order valence-electron chi connectivity index (χ3n) is 3.53. The van der Waals surface area contributed by atoms with Gasteiger partial charge in [0.2, 0.25) is 5.91 Å². The fraction of sp³-hybridized carbons (Fsp3) is 0.235. The number of hydrogen-bond acceptors (Lipinski definition) is 2. The van der Waals surface area contributed by atoms with Crippen LogP contribution in [0.2, 0.25) is 0 Å². The van der Waals surface area contributed by atoms with Crippen molar-refractivity contribution < 1.29 is 4.79 Å². The molecular formula is C17H20N2O. The van der Waals surface area contributed by atoms with Crippen molar-refractivity contribution in [2.75, 3.05) is 18.5 Å². The SMILES string of the molecule is Cc1ccc(-c2ccccc2N(C)CC(N)=O)cc1C. The second-order valence-corrected chi connectivity index (χ2v) is 5.14. The third kappa shape index (κ3) is 2.99. The number of carbonyl (C=O) groups is 1. The van der Waals surface area contributed by atoms with E-state index in [0.29, 0.717) is 0 Å². The number of anilines is 1. The smallest absolute Gasteiger partial charge is 0.236 e. The summed E-state index contributed by atoms with van der Waals surface area (Å²) in [6.07, 6.45) is 0. The molecule has 0 saturated carbocycles. The van der Waals surface area contributed by atoms with Gasteiger partial charge in [-0.15, -0.1) is 0 Å². The van der Waals surface area contributed by atoms with Crippen molar-refractivity contribution >= 4 is 11.6 Å². The first-order chi connectivity index (χ1) is 9.49. The molecule has 0 unspecified atom stereocenters.